The van der Waals surface area contributed by atoms with E-state index in [9.17, 15) is 9.90 Å². The fourth-order valence-electron chi connectivity index (χ4n) is 2.06. The molecule has 1 heterocycles. The molecule has 0 spiro atoms. The third kappa shape index (κ3) is 2.99. The molecule has 0 aromatic heterocycles. The first kappa shape index (κ1) is 13.7. The molecule has 1 aromatic rings. The van der Waals surface area contributed by atoms with Gasteiger partial charge in [0.2, 0.25) is 0 Å². The van der Waals surface area contributed by atoms with Crippen molar-refractivity contribution in [3.63, 3.8) is 0 Å². The van der Waals surface area contributed by atoms with E-state index in [-0.39, 0.29) is 5.91 Å². The van der Waals surface area contributed by atoms with Gasteiger partial charge in [-0.15, -0.1) is 0 Å². The predicted octanol–water partition coefficient (Wildman–Crippen LogP) is 2.17. The number of thioether (sulfide) groups is 1. The fourth-order valence-corrected chi connectivity index (χ4v) is 3.50. The second-order valence-corrected chi connectivity index (χ2v) is 6.17. The summed E-state index contributed by atoms with van der Waals surface area (Å²) < 4.78 is 0. The summed E-state index contributed by atoms with van der Waals surface area (Å²) in [5.41, 5.74) is -0.217. The van der Waals surface area contributed by atoms with Gasteiger partial charge in [0.15, 0.2) is 5.60 Å². The molecule has 1 fully saturated rings. The largest absolute Gasteiger partial charge is 0.379 e. The molecule has 1 unspecified atom stereocenters. The van der Waals surface area contributed by atoms with E-state index < -0.39 is 5.60 Å². The maximum atomic E-state index is 12.2. The average molecular weight is 286 g/mol. The number of hydrogen-bond acceptors (Lipinski definition) is 3. The molecule has 18 heavy (non-hydrogen) atoms. The summed E-state index contributed by atoms with van der Waals surface area (Å²) >= 11 is 7.52. The van der Waals surface area contributed by atoms with E-state index in [1.54, 1.807) is 29.8 Å². The lowest BCUT2D eigenvalue weighted by Gasteiger charge is -2.27. The Bertz CT molecular complexity index is 446. The van der Waals surface area contributed by atoms with Crippen LogP contribution in [0.3, 0.4) is 0 Å². The number of amides is 1. The van der Waals surface area contributed by atoms with E-state index in [2.05, 4.69) is 0 Å². The Hall–Kier alpha value is -0.710. The van der Waals surface area contributed by atoms with Crippen LogP contribution in [0.15, 0.2) is 24.3 Å². The second-order valence-electron chi connectivity index (χ2n) is 4.63. The smallest absolute Gasteiger partial charge is 0.255 e. The van der Waals surface area contributed by atoms with Crippen LogP contribution in [0.25, 0.3) is 0 Å². The zero-order valence-electron chi connectivity index (χ0n) is 10.2. The van der Waals surface area contributed by atoms with Crippen LogP contribution in [-0.2, 0) is 11.3 Å². The molecule has 1 aliphatic rings. The van der Waals surface area contributed by atoms with Crippen molar-refractivity contribution in [1.29, 1.82) is 0 Å². The van der Waals surface area contributed by atoms with Gasteiger partial charge in [0.25, 0.3) is 5.91 Å². The van der Waals surface area contributed by atoms with Crippen LogP contribution in [0, 0.1) is 0 Å². The number of nitrogens with zero attached hydrogens (tertiary/aromatic N) is 1. The first-order valence-electron chi connectivity index (χ1n) is 5.81. The van der Waals surface area contributed by atoms with Crippen molar-refractivity contribution in [2.24, 2.45) is 0 Å². The highest BCUT2D eigenvalue weighted by Crippen LogP contribution is 2.29. The number of carbonyl (C=O) groups excluding carboxylic acids is 1. The van der Waals surface area contributed by atoms with Gasteiger partial charge in [-0.1, -0.05) is 23.7 Å². The molecule has 0 radical (unpaired) electrons. The number of carbonyl (C=O) groups is 1. The van der Waals surface area contributed by atoms with Crippen molar-refractivity contribution < 1.29 is 9.90 Å². The highest BCUT2D eigenvalue weighted by atomic mass is 35.5. The molecule has 1 atom stereocenters. The summed E-state index contributed by atoms with van der Waals surface area (Å²) in [6.07, 6.45) is 0.538. The molecule has 1 aromatic carbocycles. The zero-order chi connectivity index (χ0) is 13.2. The first-order chi connectivity index (χ1) is 8.51. The molecule has 0 bridgehead atoms. The number of aliphatic hydroxyl groups is 1. The Balaban J connectivity index is 2.03. The van der Waals surface area contributed by atoms with E-state index in [1.165, 1.54) is 0 Å². The molecule has 3 nitrogen and oxygen atoms in total. The number of likely N-dealkylation sites (N-methyl/N-ethyl adjacent to an activating group) is 1. The van der Waals surface area contributed by atoms with Crippen molar-refractivity contribution in [1.82, 2.24) is 4.90 Å². The molecular weight excluding hydrogens is 270 g/mol. The molecule has 0 aliphatic carbocycles. The van der Waals surface area contributed by atoms with Crippen molar-refractivity contribution in [3.05, 3.63) is 34.9 Å². The Labute approximate surface area is 116 Å². The average Bonchev–Trinajstić information content (AvgIpc) is 2.76. The van der Waals surface area contributed by atoms with E-state index in [4.69, 9.17) is 11.6 Å². The molecule has 2 rings (SSSR count). The lowest BCUT2D eigenvalue weighted by molar-refractivity contribution is -0.147. The Morgan fingerprint density at radius 1 is 1.61 bits per heavy atom. The molecule has 1 aliphatic heterocycles. The third-order valence-electron chi connectivity index (χ3n) is 3.05. The highest BCUT2D eigenvalue weighted by Gasteiger charge is 2.41. The standard InChI is InChI=1S/C13H16ClNO2S/c1-15(8-10-3-2-4-11(14)7-10)12(16)13(17)5-6-18-9-13/h2-4,7,17H,5-6,8-9H2,1H3. The quantitative estimate of drug-likeness (QED) is 0.925. The predicted molar refractivity (Wildman–Crippen MR) is 74.8 cm³/mol. The van der Waals surface area contributed by atoms with E-state index in [1.807, 2.05) is 18.2 Å². The van der Waals surface area contributed by atoms with Crippen molar-refractivity contribution in [2.75, 3.05) is 18.6 Å². The Morgan fingerprint density at radius 2 is 2.39 bits per heavy atom. The molecule has 1 N–H and O–H groups in total. The summed E-state index contributed by atoms with van der Waals surface area (Å²) in [5.74, 6) is 1.13. The summed E-state index contributed by atoms with van der Waals surface area (Å²) in [5, 5.41) is 10.9. The topological polar surface area (TPSA) is 40.5 Å². The zero-order valence-corrected chi connectivity index (χ0v) is 11.8. The second kappa shape index (κ2) is 5.51. The van der Waals surface area contributed by atoms with Gasteiger partial charge in [0.1, 0.15) is 0 Å². The van der Waals surface area contributed by atoms with Gasteiger partial charge in [0, 0.05) is 24.4 Å². The molecule has 5 heteroatoms. The fraction of sp³-hybridized carbons (Fsp3) is 0.462. The third-order valence-corrected chi connectivity index (χ3v) is 4.46. The van der Waals surface area contributed by atoms with Crippen LogP contribution in [-0.4, -0.2) is 40.1 Å². The summed E-state index contributed by atoms with van der Waals surface area (Å²) in [7, 11) is 1.71. The van der Waals surface area contributed by atoms with Gasteiger partial charge in [-0.25, -0.2) is 0 Å². The normalized spacial score (nSPS) is 23.1. The van der Waals surface area contributed by atoms with Crippen LogP contribution < -0.4 is 0 Å². The van der Waals surface area contributed by atoms with Crippen molar-refractivity contribution in [2.45, 2.75) is 18.6 Å². The Kier molecular flexibility index (Phi) is 4.20. The van der Waals surface area contributed by atoms with Gasteiger partial charge >= 0.3 is 0 Å². The molecule has 0 saturated carbocycles. The molecule has 1 saturated heterocycles. The van der Waals surface area contributed by atoms with Gasteiger partial charge in [0.05, 0.1) is 0 Å². The van der Waals surface area contributed by atoms with Gasteiger partial charge < -0.3 is 10.0 Å². The lowest BCUT2D eigenvalue weighted by Crippen LogP contribution is -2.47. The first-order valence-corrected chi connectivity index (χ1v) is 7.35. The summed E-state index contributed by atoms with van der Waals surface area (Å²) in [6.45, 7) is 0.465. The Morgan fingerprint density at radius 3 is 3.00 bits per heavy atom. The van der Waals surface area contributed by atoms with Crippen LogP contribution >= 0.6 is 23.4 Å². The molecule has 98 valence electrons. The van der Waals surface area contributed by atoms with Crippen LogP contribution in [0.4, 0.5) is 0 Å². The van der Waals surface area contributed by atoms with Gasteiger partial charge in [-0.3, -0.25) is 4.79 Å². The van der Waals surface area contributed by atoms with Gasteiger partial charge in [-0.05, 0) is 29.9 Å². The van der Waals surface area contributed by atoms with Crippen LogP contribution in [0.1, 0.15) is 12.0 Å². The number of halogens is 1. The minimum absolute atomic E-state index is 0.201. The number of hydrogen-bond donors (Lipinski definition) is 1. The van der Waals surface area contributed by atoms with Crippen LogP contribution in [0.5, 0.6) is 0 Å². The van der Waals surface area contributed by atoms with Crippen LogP contribution in [0.2, 0.25) is 5.02 Å². The summed E-state index contributed by atoms with van der Waals surface area (Å²) in [4.78, 5) is 13.8. The number of benzene rings is 1. The maximum Gasteiger partial charge on any atom is 0.255 e. The SMILES string of the molecule is CN(Cc1cccc(Cl)c1)C(=O)C1(O)CCSC1. The minimum atomic E-state index is -1.18. The van der Waals surface area contributed by atoms with E-state index >= 15 is 0 Å². The summed E-state index contributed by atoms with van der Waals surface area (Å²) in [6, 6.07) is 7.41. The minimum Gasteiger partial charge on any atom is -0.379 e. The monoisotopic (exact) mass is 285 g/mol. The molecular formula is C13H16ClNO2S. The van der Waals surface area contributed by atoms with Crippen molar-refractivity contribution in [3.8, 4) is 0 Å². The van der Waals surface area contributed by atoms with Gasteiger partial charge in [-0.2, -0.15) is 11.8 Å². The van der Waals surface area contributed by atoms with Crippen molar-refractivity contribution >= 4 is 29.3 Å². The number of rotatable bonds is 3. The highest BCUT2D eigenvalue weighted by molar-refractivity contribution is 7.99. The maximum absolute atomic E-state index is 12.2. The lowest BCUT2D eigenvalue weighted by atomic mass is 10.0. The van der Waals surface area contributed by atoms with E-state index in [0.717, 1.165) is 11.3 Å². The van der Waals surface area contributed by atoms with E-state index in [0.29, 0.717) is 23.7 Å². The molecule has 1 amide bonds.